The molecule has 11 nitrogen and oxygen atoms in total. The van der Waals surface area contributed by atoms with E-state index in [1.54, 1.807) is 25.7 Å². The molecule has 1 aliphatic carbocycles. The van der Waals surface area contributed by atoms with Crippen molar-refractivity contribution < 1.29 is 28.7 Å². The molecule has 2 fully saturated rings. The van der Waals surface area contributed by atoms with Crippen molar-refractivity contribution in [3.05, 3.63) is 42.1 Å². The molecular formula is C33H45N5O6. The molecule has 0 bridgehead atoms. The van der Waals surface area contributed by atoms with Crippen molar-refractivity contribution in [1.82, 2.24) is 25.5 Å². The number of carbonyl (C=O) groups is 4. The summed E-state index contributed by atoms with van der Waals surface area (Å²) in [5.41, 5.74) is 0.0910. The zero-order valence-corrected chi connectivity index (χ0v) is 26.3. The van der Waals surface area contributed by atoms with Crippen LogP contribution >= 0.6 is 0 Å². The molecule has 2 N–H and O–H groups in total. The summed E-state index contributed by atoms with van der Waals surface area (Å²) in [4.78, 5) is 63.4. The van der Waals surface area contributed by atoms with Gasteiger partial charge in [-0.15, -0.1) is 0 Å². The van der Waals surface area contributed by atoms with Crippen LogP contribution in [0, 0.1) is 0 Å². The maximum atomic E-state index is 13.8. The first-order valence-electron chi connectivity index (χ1n) is 15.7. The molecular weight excluding hydrogens is 562 g/mol. The lowest BCUT2D eigenvalue weighted by Gasteiger charge is -2.35. The quantitative estimate of drug-likeness (QED) is 0.344. The minimum Gasteiger partial charge on any atom is -0.474 e. The van der Waals surface area contributed by atoms with Crippen LogP contribution in [0.4, 0.5) is 0 Å². The Kier molecular flexibility index (Phi) is 11.4. The predicted octanol–water partition coefficient (Wildman–Crippen LogP) is 3.85. The van der Waals surface area contributed by atoms with E-state index in [-0.39, 0.29) is 42.9 Å². The van der Waals surface area contributed by atoms with Crippen molar-refractivity contribution in [1.29, 1.82) is 0 Å². The molecule has 2 aliphatic rings. The molecule has 1 saturated carbocycles. The summed E-state index contributed by atoms with van der Waals surface area (Å²) in [5.74, 6) is -0.742. The molecule has 2 unspecified atom stereocenters. The van der Waals surface area contributed by atoms with Crippen LogP contribution in [0.15, 0.2) is 36.4 Å². The van der Waals surface area contributed by atoms with E-state index in [9.17, 15) is 19.2 Å². The molecule has 238 valence electrons. The van der Waals surface area contributed by atoms with Crippen molar-refractivity contribution >= 4 is 23.6 Å². The molecule has 1 aromatic carbocycles. The highest BCUT2D eigenvalue weighted by Crippen LogP contribution is 2.25. The van der Waals surface area contributed by atoms with Crippen LogP contribution in [-0.4, -0.2) is 81.9 Å². The van der Waals surface area contributed by atoms with E-state index >= 15 is 0 Å². The molecule has 4 rings (SSSR count). The Morgan fingerprint density at radius 3 is 2.48 bits per heavy atom. The highest BCUT2D eigenvalue weighted by Gasteiger charge is 2.33. The normalized spacial score (nSPS) is 18.0. The lowest BCUT2D eigenvalue weighted by Crippen LogP contribution is -2.59. The molecule has 1 aliphatic heterocycles. The van der Waals surface area contributed by atoms with Gasteiger partial charge in [0.15, 0.2) is 11.6 Å². The van der Waals surface area contributed by atoms with Crippen LogP contribution in [0.5, 0.6) is 5.88 Å². The summed E-state index contributed by atoms with van der Waals surface area (Å²) in [6.07, 6.45) is 5.09. The van der Waals surface area contributed by atoms with Crippen LogP contribution in [0.1, 0.15) is 89.5 Å². The number of Topliss-reactive ketones (excluding diaryl/α,β-unsaturated/α-hetero) is 1. The van der Waals surface area contributed by atoms with Gasteiger partial charge in [0, 0.05) is 44.1 Å². The summed E-state index contributed by atoms with van der Waals surface area (Å²) in [6.45, 7) is 8.27. The standard InChI is InChI=1S/C33H45N5O6/c1-5-11-27(39)26-21-38(19-18-34-26)32(42)24(16-17-29(40)44-33(2,3)4)36-31(41)25-20-28(43-23-14-9-10-15-23)37-30(35-25)22-12-7-6-8-13-22/h6-8,12-13,20,23-24,26,34H,5,9-11,14-19,21H2,1-4H3,(H,36,41). The molecule has 44 heavy (non-hydrogen) atoms. The number of nitrogens with one attached hydrogen (secondary N) is 2. The summed E-state index contributed by atoms with van der Waals surface area (Å²) >= 11 is 0. The summed E-state index contributed by atoms with van der Waals surface area (Å²) in [6, 6.07) is 9.30. The number of hydrogen-bond donors (Lipinski definition) is 2. The van der Waals surface area contributed by atoms with Gasteiger partial charge in [0.05, 0.1) is 6.04 Å². The summed E-state index contributed by atoms with van der Waals surface area (Å²) in [5, 5.41) is 6.02. The molecule has 2 atom stereocenters. The van der Waals surface area contributed by atoms with Crippen molar-refractivity contribution in [2.75, 3.05) is 19.6 Å². The lowest BCUT2D eigenvalue weighted by molar-refractivity contribution is -0.155. The van der Waals surface area contributed by atoms with Crippen LogP contribution in [0.25, 0.3) is 11.4 Å². The van der Waals surface area contributed by atoms with E-state index in [2.05, 4.69) is 20.6 Å². The minimum absolute atomic E-state index is 0.0173. The van der Waals surface area contributed by atoms with E-state index < -0.39 is 29.6 Å². The van der Waals surface area contributed by atoms with Crippen LogP contribution in [0.3, 0.4) is 0 Å². The maximum absolute atomic E-state index is 13.8. The number of aromatic nitrogens is 2. The smallest absolute Gasteiger partial charge is 0.306 e. The second kappa shape index (κ2) is 15.2. The zero-order valence-electron chi connectivity index (χ0n) is 26.3. The molecule has 0 spiro atoms. The van der Waals surface area contributed by atoms with Crippen molar-refractivity contribution in [3.63, 3.8) is 0 Å². The Bertz CT molecular complexity index is 1310. The maximum Gasteiger partial charge on any atom is 0.306 e. The Morgan fingerprint density at radius 1 is 1.07 bits per heavy atom. The fourth-order valence-corrected chi connectivity index (χ4v) is 5.45. The van der Waals surface area contributed by atoms with Crippen LogP contribution < -0.4 is 15.4 Å². The van der Waals surface area contributed by atoms with Crippen molar-refractivity contribution in [2.24, 2.45) is 0 Å². The second-order valence-corrected chi connectivity index (χ2v) is 12.5. The first-order valence-corrected chi connectivity index (χ1v) is 15.7. The molecule has 2 amide bonds. The fraction of sp³-hybridized carbons (Fsp3) is 0.576. The second-order valence-electron chi connectivity index (χ2n) is 12.5. The highest BCUT2D eigenvalue weighted by molar-refractivity contribution is 5.97. The lowest BCUT2D eigenvalue weighted by atomic mass is 10.0. The van der Waals surface area contributed by atoms with E-state index in [0.29, 0.717) is 31.2 Å². The van der Waals surface area contributed by atoms with Gasteiger partial charge in [0.2, 0.25) is 11.8 Å². The molecule has 2 heterocycles. The third kappa shape index (κ3) is 9.57. The number of esters is 1. The number of ether oxygens (including phenoxy) is 2. The van der Waals surface area contributed by atoms with Gasteiger partial charge in [-0.05, 0) is 59.3 Å². The van der Waals surface area contributed by atoms with E-state index in [4.69, 9.17) is 9.47 Å². The Morgan fingerprint density at radius 2 is 1.80 bits per heavy atom. The van der Waals surface area contributed by atoms with Gasteiger partial charge < -0.3 is 25.0 Å². The fourth-order valence-electron chi connectivity index (χ4n) is 5.45. The Labute approximate surface area is 259 Å². The highest BCUT2D eigenvalue weighted by atomic mass is 16.6. The van der Waals surface area contributed by atoms with Gasteiger partial charge >= 0.3 is 5.97 Å². The largest absolute Gasteiger partial charge is 0.474 e. The van der Waals surface area contributed by atoms with E-state index in [1.807, 2.05) is 37.3 Å². The monoisotopic (exact) mass is 607 g/mol. The first kappa shape index (κ1) is 33.0. The summed E-state index contributed by atoms with van der Waals surface area (Å²) in [7, 11) is 0. The van der Waals surface area contributed by atoms with Gasteiger partial charge in [-0.3, -0.25) is 19.2 Å². The van der Waals surface area contributed by atoms with Gasteiger partial charge in [0.1, 0.15) is 23.4 Å². The first-order chi connectivity index (χ1) is 21.0. The number of ketones is 1. The van der Waals surface area contributed by atoms with E-state index in [0.717, 1.165) is 37.7 Å². The number of carbonyl (C=O) groups excluding carboxylic acids is 4. The number of benzene rings is 1. The van der Waals surface area contributed by atoms with Crippen molar-refractivity contribution in [2.45, 2.75) is 103 Å². The number of nitrogens with zero attached hydrogens (tertiary/aromatic N) is 3. The average molecular weight is 608 g/mol. The van der Waals surface area contributed by atoms with Crippen LogP contribution in [-0.2, 0) is 19.1 Å². The zero-order chi connectivity index (χ0) is 31.7. The number of piperazine rings is 1. The molecule has 11 heteroatoms. The predicted molar refractivity (Wildman–Crippen MR) is 165 cm³/mol. The van der Waals surface area contributed by atoms with Gasteiger partial charge in [-0.1, -0.05) is 37.3 Å². The number of hydrogen-bond acceptors (Lipinski definition) is 9. The molecule has 1 aromatic heterocycles. The SMILES string of the molecule is CCCC(=O)C1CN(C(=O)C(CCC(=O)OC(C)(C)C)NC(=O)c2cc(OC3CCCC3)nc(-c3ccccc3)n2)CCN1. The molecule has 2 aromatic rings. The number of amides is 2. The third-order valence-electron chi connectivity index (χ3n) is 7.59. The van der Waals surface area contributed by atoms with Gasteiger partial charge in [-0.2, -0.15) is 4.98 Å². The summed E-state index contributed by atoms with van der Waals surface area (Å²) < 4.78 is 11.6. The van der Waals surface area contributed by atoms with Gasteiger partial charge in [-0.25, -0.2) is 4.98 Å². The average Bonchev–Trinajstić information content (AvgIpc) is 3.51. The third-order valence-corrected chi connectivity index (χ3v) is 7.59. The molecule has 0 radical (unpaired) electrons. The Balaban J connectivity index is 1.57. The molecule has 1 saturated heterocycles. The van der Waals surface area contributed by atoms with E-state index in [1.165, 1.54) is 6.07 Å². The van der Waals surface area contributed by atoms with Crippen molar-refractivity contribution in [3.8, 4) is 17.3 Å². The van der Waals surface area contributed by atoms with Gasteiger partial charge in [0.25, 0.3) is 5.91 Å². The van der Waals surface area contributed by atoms with Crippen LogP contribution in [0.2, 0.25) is 0 Å². The number of rotatable bonds is 12. The minimum atomic E-state index is -1.04. The topological polar surface area (TPSA) is 140 Å². The Hall–Kier alpha value is -3.86.